The zero-order chi connectivity index (χ0) is 17.7. The zero-order valence-corrected chi connectivity index (χ0v) is 15.1. The first-order valence-corrected chi connectivity index (χ1v) is 9.15. The fourth-order valence-corrected chi connectivity index (χ4v) is 2.92. The number of hydrogen-bond donors (Lipinski definition) is 1. The van der Waals surface area contributed by atoms with Gasteiger partial charge in [-0.1, -0.05) is 18.2 Å². The minimum absolute atomic E-state index is 0.0699. The summed E-state index contributed by atoms with van der Waals surface area (Å²) >= 11 is 0. The molecule has 0 saturated carbocycles. The lowest BCUT2D eigenvalue weighted by atomic mass is 10.1. The number of rotatable bonds is 6. The summed E-state index contributed by atoms with van der Waals surface area (Å²) in [6.45, 7) is 7.69. The highest BCUT2D eigenvalue weighted by Crippen LogP contribution is 2.15. The Labute approximate surface area is 143 Å². The molecular formula is C18H22N2O3S. The van der Waals surface area contributed by atoms with Crippen LogP contribution in [0, 0.1) is 13.8 Å². The molecule has 2 rings (SSSR count). The maximum atomic E-state index is 12.2. The van der Waals surface area contributed by atoms with E-state index in [0.29, 0.717) is 5.75 Å². The predicted octanol–water partition coefficient (Wildman–Crippen LogP) is 3.40. The van der Waals surface area contributed by atoms with Crippen molar-refractivity contribution in [2.24, 2.45) is 5.10 Å². The maximum Gasteiger partial charge on any atom is 0.276 e. The third kappa shape index (κ3) is 4.83. The van der Waals surface area contributed by atoms with Crippen molar-refractivity contribution in [2.75, 3.05) is 0 Å². The molecule has 0 heterocycles. The van der Waals surface area contributed by atoms with Gasteiger partial charge in [-0.15, -0.1) is 0 Å². The van der Waals surface area contributed by atoms with Crippen LogP contribution in [-0.4, -0.2) is 20.7 Å². The van der Waals surface area contributed by atoms with Crippen LogP contribution in [0.5, 0.6) is 5.75 Å². The lowest BCUT2D eigenvalue weighted by Gasteiger charge is -2.09. The average molecular weight is 346 g/mol. The predicted molar refractivity (Wildman–Crippen MR) is 96.0 cm³/mol. The summed E-state index contributed by atoms with van der Waals surface area (Å²) in [6.07, 6.45) is 1.52. The SMILES string of the molecule is Cc1ccc(S(=O)(=O)N/N=C/c2cccc(OC(C)C)c2)cc1C. The molecule has 0 aromatic heterocycles. The van der Waals surface area contributed by atoms with E-state index in [4.69, 9.17) is 4.74 Å². The molecule has 0 aliphatic heterocycles. The first-order valence-electron chi connectivity index (χ1n) is 7.67. The minimum atomic E-state index is -3.68. The quantitative estimate of drug-likeness (QED) is 0.644. The van der Waals surface area contributed by atoms with Crippen molar-refractivity contribution < 1.29 is 13.2 Å². The molecule has 0 atom stereocenters. The minimum Gasteiger partial charge on any atom is -0.491 e. The summed E-state index contributed by atoms with van der Waals surface area (Å²) < 4.78 is 30.1. The van der Waals surface area contributed by atoms with Crippen LogP contribution in [0.15, 0.2) is 52.5 Å². The molecule has 0 saturated heterocycles. The number of sulfonamides is 1. The Balaban J connectivity index is 2.11. The molecule has 0 amide bonds. The van der Waals surface area contributed by atoms with E-state index in [1.807, 2.05) is 45.9 Å². The smallest absolute Gasteiger partial charge is 0.276 e. The second kappa shape index (κ2) is 7.49. The fourth-order valence-electron chi connectivity index (χ4n) is 2.04. The topological polar surface area (TPSA) is 67.8 Å². The Kier molecular flexibility index (Phi) is 5.62. The van der Waals surface area contributed by atoms with Crippen molar-refractivity contribution in [1.82, 2.24) is 4.83 Å². The second-order valence-corrected chi connectivity index (χ2v) is 7.50. The maximum absolute atomic E-state index is 12.2. The zero-order valence-electron chi connectivity index (χ0n) is 14.3. The third-order valence-corrected chi connectivity index (χ3v) is 4.63. The normalized spacial score (nSPS) is 11.9. The molecule has 5 nitrogen and oxygen atoms in total. The molecular weight excluding hydrogens is 324 g/mol. The van der Waals surface area contributed by atoms with Gasteiger partial charge in [0.15, 0.2) is 0 Å². The second-order valence-electron chi connectivity index (χ2n) is 5.84. The first-order chi connectivity index (χ1) is 11.3. The van der Waals surface area contributed by atoms with Gasteiger partial charge in [-0.05, 0) is 68.7 Å². The van der Waals surface area contributed by atoms with E-state index in [2.05, 4.69) is 9.93 Å². The van der Waals surface area contributed by atoms with Crippen molar-refractivity contribution in [3.8, 4) is 5.75 Å². The third-order valence-electron chi connectivity index (χ3n) is 3.41. The highest BCUT2D eigenvalue weighted by molar-refractivity contribution is 7.89. The first kappa shape index (κ1) is 18.0. The van der Waals surface area contributed by atoms with Crippen molar-refractivity contribution in [1.29, 1.82) is 0 Å². The summed E-state index contributed by atoms with van der Waals surface area (Å²) in [5.41, 5.74) is 2.70. The van der Waals surface area contributed by atoms with Gasteiger partial charge in [-0.2, -0.15) is 13.5 Å². The molecule has 0 spiro atoms. The summed E-state index contributed by atoms with van der Waals surface area (Å²) in [5.74, 6) is 0.714. The lowest BCUT2D eigenvalue weighted by molar-refractivity contribution is 0.242. The van der Waals surface area contributed by atoms with Gasteiger partial charge in [0.1, 0.15) is 5.75 Å². The van der Waals surface area contributed by atoms with Crippen LogP contribution in [-0.2, 0) is 10.0 Å². The summed E-state index contributed by atoms with van der Waals surface area (Å²) in [6, 6.07) is 12.3. The molecule has 0 aliphatic rings. The lowest BCUT2D eigenvalue weighted by Crippen LogP contribution is -2.18. The van der Waals surface area contributed by atoms with Gasteiger partial charge in [0, 0.05) is 0 Å². The molecule has 0 bridgehead atoms. The van der Waals surface area contributed by atoms with Crippen molar-refractivity contribution >= 4 is 16.2 Å². The van der Waals surface area contributed by atoms with Crippen LogP contribution in [0.2, 0.25) is 0 Å². The summed E-state index contributed by atoms with van der Waals surface area (Å²) in [4.78, 5) is 2.43. The Hall–Kier alpha value is -2.34. The van der Waals surface area contributed by atoms with Gasteiger partial charge < -0.3 is 4.74 Å². The molecule has 0 fully saturated rings. The Bertz CT molecular complexity index is 843. The Morgan fingerprint density at radius 2 is 1.83 bits per heavy atom. The average Bonchev–Trinajstić information content (AvgIpc) is 2.49. The number of hydrazone groups is 1. The van der Waals surface area contributed by atoms with Crippen LogP contribution in [0.1, 0.15) is 30.5 Å². The monoisotopic (exact) mass is 346 g/mol. The van der Waals surface area contributed by atoms with Gasteiger partial charge in [0.25, 0.3) is 10.0 Å². The number of ether oxygens (including phenoxy) is 1. The largest absolute Gasteiger partial charge is 0.491 e. The molecule has 128 valence electrons. The summed E-state index contributed by atoms with van der Waals surface area (Å²) in [5, 5.41) is 3.84. The van der Waals surface area contributed by atoms with Crippen molar-refractivity contribution in [2.45, 2.75) is 38.7 Å². The summed E-state index contributed by atoms with van der Waals surface area (Å²) in [7, 11) is -3.68. The standard InChI is InChI=1S/C18H22N2O3S/c1-13(2)23-17-7-5-6-16(11-17)12-19-20-24(21,22)18-9-8-14(3)15(4)10-18/h5-13,20H,1-4H3/b19-12+. The van der Waals surface area contributed by atoms with Gasteiger partial charge in [0.2, 0.25) is 0 Å². The van der Waals surface area contributed by atoms with Crippen LogP contribution in [0.4, 0.5) is 0 Å². The molecule has 1 N–H and O–H groups in total. The van der Waals surface area contributed by atoms with Crippen LogP contribution in [0.25, 0.3) is 0 Å². The van der Waals surface area contributed by atoms with Gasteiger partial charge in [-0.3, -0.25) is 0 Å². The molecule has 6 heteroatoms. The molecule has 0 radical (unpaired) electrons. The molecule has 2 aromatic carbocycles. The van der Waals surface area contributed by atoms with Crippen LogP contribution < -0.4 is 9.57 Å². The van der Waals surface area contributed by atoms with Crippen molar-refractivity contribution in [3.05, 3.63) is 59.2 Å². The van der Waals surface area contributed by atoms with E-state index in [1.54, 1.807) is 24.3 Å². The number of nitrogens with one attached hydrogen (secondary N) is 1. The highest BCUT2D eigenvalue weighted by atomic mass is 32.2. The van der Waals surface area contributed by atoms with Gasteiger partial charge in [-0.25, -0.2) is 4.83 Å². The molecule has 0 aliphatic carbocycles. The van der Waals surface area contributed by atoms with Crippen LogP contribution >= 0.6 is 0 Å². The fraction of sp³-hybridized carbons (Fsp3) is 0.278. The molecule has 2 aromatic rings. The Morgan fingerprint density at radius 3 is 2.50 bits per heavy atom. The number of aryl methyl sites for hydroxylation is 2. The van der Waals surface area contributed by atoms with Gasteiger partial charge in [0.05, 0.1) is 17.2 Å². The molecule has 0 unspecified atom stereocenters. The highest BCUT2D eigenvalue weighted by Gasteiger charge is 2.13. The van der Waals surface area contributed by atoms with E-state index in [0.717, 1.165) is 16.7 Å². The van der Waals surface area contributed by atoms with E-state index in [-0.39, 0.29) is 11.0 Å². The van der Waals surface area contributed by atoms with E-state index in [9.17, 15) is 8.42 Å². The number of hydrogen-bond acceptors (Lipinski definition) is 4. The van der Waals surface area contributed by atoms with E-state index in [1.165, 1.54) is 6.21 Å². The van der Waals surface area contributed by atoms with E-state index >= 15 is 0 Å². The number of nitrogens with zero attached hydrogens (tertiary/aromatic N) is 1. The van der Waals surface area contributed by atoms with Crippen LogP contribution in [0.3, 0.4) is 0 Å². The molecule has 24 heavy (non-hydrogen) atoms. The van der Waals surface area contributed by atoms with Crippen molar-refractivity contribution in [3.63, 3.8) is 0 Å². The number of benzene rings is 2. The van der Waals surface area contributed by atoms with Gasteiger partial charge >= 0.3 is 0 Å². The van der Waals surface area contributed by atoms with E-state index < -0.39 is 10.0 Å². The Morgan fingerprint density at radius 1 is 1.08 bits per heavy atom.